The third-order valence-corrected chi connectivity index (χ3v) is 5.44. The third kappa shape index (κ3) is 3.40. The fourth-order valence-electron chi connectivity index (χ4n) is 4.06. The molecule has 4 rings (SSSR count). The van der Waals surface area contributed by atoms with Gasteiger partial charge in [0, 0.05) is 32.6 Å². The first-order valence-corrected chi connectivity index (χ1v) is 9.13. The van der Waals surface area contributed by atoms with Crippen molar-refractivity contribution in [2.75, 3.05) is 32.8 Å². The zero-order chi connectivity index (χ0) is 18.0. The Morgan fingerprint density at radius 1 is 1.00 bits per heavy atom. The van der Waals surface area contributed by atoms with E-state index in [4.69, 9.17) is 4.74 Å². The van der Waals surface area contributed by atoms with Crippen LogP contribution in [0.15, 0.2) is 54.6 Å². The van der Waals surface area contributed by atoms with Crippen LogP contribution in [0, 0.1) is 0 Å². The van der Waals surface area contributed by atoms with Gasteiger partial charge in [0.25, 0.3) is 0 Å². The first-order chi connectivity index (χ1) is 12.6. The number of hydrogen-bond donors (Lipinski definition) is 1. The number of rotatable bonds is 5. The molecule has 2 heterocycles. The zero-order valence-electron chi connectivity index (χ0n) is 14.8. The van der Waals surface area contributed by atoms with Gasteiger partial charge in [-0.15, -0.1) is 0 Å². The molecule has 136 valence electrons. The van der Waals surface area contributed by atoms with Crippen LogP contribution in [-0.2, 0) is 17.6 Å². The number of benzene rings is 2. The van der Waals surface area contributed by atoms with Crippen molar-refractivity contribution >= 4 is 6.09 Å². The van der Waals surface area contributed by atoms with Crippen LogP contribution in [0.5, 0.6) is 5.75 Å². The number of aromatic hydroxyl groups is 1. The molecule has 1 N–H and O–H groups in total. The highest BCUT2D eigenvalue weighted by Crippen LogP contribution is 2.32. The molecule has 26 heavy (non-hydrogen) atoms. The van der Waals surface area contributed by atoms with E-state index in [0.29, 0.717) is 18.9 Å². The number of ether oxygens (including phenoxy) is 1. The number of carbonyl (C=O) groups excluding carboxylic acids is 1. The van der Waals surface area contributed by atoms with Crippen LogP contribution >= 0.6 is 0 Å². The first kappa shape index (κ1) is 16.9. The highest BCUT2D eigenvalue weighted by Gasteiger charge is 2.50. The molecule has 2 saturated heterocycles. The molecule has 0 saturated carbocycles. The fraction of sp³-hybridized carbons (Fsp3) is 0.381. The Balaban J connectivity index is 1.46. The van der Waals surface area contributed by atoms with Crippen molar-refractivity contribution in [1.29, 1.82) is 0 Å². The molecule has 2 aromatic rings. The summed E-state index contributed by atoms with van der Waals surface area (Å²) in [5.74, 6) is 0.297. The lowest BCUT2D eigenvalue weighted by Gasteiger charge is -2.45. The molecule has 5 nitrogen and oxygen atoms in total. The first-order valence-electron chi connectivity index (χ1n) is 9.13. The number of fused-ring (bicyclic) bond motifs is 1. The van der Waals surface area contributed by atoms with Gasteiger partial charge >= 0.3 is 6.09 Å². The van der Waals surface area contributed by atoms with Crippen molar-refractivity contribution in [2.45, 2.75) is 18.4 Å². The Morgan fingerprint density at radius 2 is 1.77 bits per heavy atom. The standard InChI is InChI=1S/C21H24N2O3/c24-19-8-6-17(7-9-19)10-11-22-12-13-23-20(25)26-16-21(23,15-22)14-18-4-2-1-3-5-18/h1-9,24H,10-16H2. The van der Waals surface area contributed by atoms with Crippen LogP contribution in [0.2, 0.25) is 0 Å². The van der Waals surface area contributed by atoms with Gasteiger partial charge in [-0.05, 0) is 29.7 Å². The molecule has 1 atom stereocenters. The molecule has 2 aliphatic heterocycles. The van der Waals surface area contributed by atoms with Gasteiger partial charge in [-0.1, -0.05) is 42.5 Å². The second kappa shape index (κ2) is 7.00. The van der Waals surface area contributed by atoms with Gasteiger partial charge < -0.3 is 9.84 Å². The molecule has 1 amide bonds. The van der Waals surface area contributed by atoms with Gasteiger partial charge in [-0.25, -0.2) is 4.79 Å². The van der Waals surface area contributed by atoms with E-state index >= 15 is 0 Å². The van der Waals surface area contributed by atoms with E-state index in [1.54, 1.807) is 12.1 Å². The molecular formula is C21H24N2O3. The Morgan fingerprint density at radius 3 is 2.54 bits per heavy atom. The maximum Gasteiger partial charge on any atom is 0.410 e. The lowest BCUT2D eigenvalue weighted by atomic mass is 9.88. The molecule has 0 bridgehead atoms. The molecule has 0 spiro atoms. The molecule has 2 aromatic carbocycles. The number of carbonyl (C=O) groups is 1. The van der Waals surface area contributed by atoms with Gasteiger partial charge in [0.05, 0.1) is 5.54 Å². The van der Waals surface area contributed by atoms with Crippen molar-refractivity contribution in [3.63, 3.8) is 0 Å². The number of piperazine rings is 1. The average Bonchev–Trinajstić information content (AvgIpc) is 2.98. The minimum Gasteiger partial charge on any atom is -0.508 e. The highest BCUT2D eigenvalue weighted by molar-refractivity contribution is 5.71. The molecule has 0 aromatic heterocycles. The molecular weight excluding hydrogens is 328 g/mol. The maximum atomic E-state index is 12.2. The lowest BCUT2D eigenvalue weighted by Crippen LogP contribution is -2.62. The van der Waals surface area contributed by atoms with Crippen LogP contribution in [0.3, 0.4) is 0 Å². The number of phenols is 1. The largest absolute Gasteiger partial charge is 0.508 e. The molecule has 1 unspecified atom stereocenters. The minimum absolute atomic E-state index is 0.181. The summed E-state index contributed by atoms with van der Waals surface area (Å²) >= 11 is 0. The van der Waals surface area contributed by atoms with Crippen molar-refractivity contribution in [1.82, 2.24) is 9.80 Å². The van der Waals surface area contributed by atoms with E-state index in [1.165, 1.54) is 11.1 Å². The van der Waals surface area contributed by atoms with Gasteiger partial charge in [0.2, 0.25) is 0 Å². The monoisotopic (exact) mass is 352 g/mol. The number of nitrogens with zero attached hydrogens (tertiary/aromatic N) is 2. The van der Waals surface area contributed by atoms with Crippen molar-refractivity contribution in [3.05, 3.63) is 65.7 Å². The van der Waals surface area contributed by atoms with E-state index < -0.39 is 0 Å². The Kier molecular flexibility index (Phi) is 4.55. The third-order valence-electron chi connectivity index (χ3n) is 5.44. The summed E-state index contributed by atoms with van der Waals surface area (Å²) < 4.78 is 5.43. The lowest BCUT2D eigenvalue weighted by molar-refractivity contribution is 0.0525. The van der Waals surface area contributed by atoms with E-state index in [0.717, 1.165) is 32.5 Å². The number of hydrogen-bond acceptors (Lipinski definition) is 4. The quantitative estimate of drug-likeness (QED) is 0.899. The van der Waals surface area contributed by atoms with Crippen LogP contribution in [0.4, 0.5) is 4.79 Å². The van der Waals surface area contributed by atoms with Crippen molar-refractivity contribution in [3.8, 4) is 5.75 Å². The average molecular weight is 352 g/mol. The second-order valence-corrected chi connectivity index (χ2v) is 7.29. The second-order valence-electron chi connectivity index (χ2n) is 7.29. The maximum absolute atomic E-state index is 12.2. The summed E-state index contributed by atoms with van der Waals surface area (Å²) in [5, 5.41) is 9.41. The van der Waals surface area contributed by atoms with Crippen LogP contribution in [-0.4, -0.2) is 59.3 Å². The molecule has 2 fully saturated rings. The van der Waals surface area contributed by atoms with Gasteiger partial charge in [0.1, 0.15) is 12.4 Å². The van der Waals surface area contributed by atoms with Gasteiger partial charge in [-0.2, -0.15) is 0 Å². The zero-order valence-corrected chi connectivity index (χ0v) is 14.8. The van der Waals surface area contributed by atoms with Crippen molar-refractivity contribution in [2.24, 2.45) is 0 Å². The van der Waals surface area contributed by atoms with Crippen LogP contribution in [0.1, 0.15) is 11.1 Å². The number of amides is 1. The Bertz CT molecular complexity index is 763. The van der Waals surface area contributed by atoms with E-state index in [9.17, 15) is 9.90 Å². The molecule has 2 aliphatic rings. The van der Waals surface area contributed by atoms with Crippen LogP contribution < -0.4 is 0 Å². The number of phenolic OH excluding ortho intramolecular Hbond substituents is 1. The summed E-state index contributed by atoms with van der Waals surface area (Å²) in [6, 6.07) is 17.7. The van der Waals surface area contributed by atoms with Crippen molar-refractivity contribution < 1.29 is 14.6 Å². The van der Waals surface area contributed by atoms with E-state index in [2.05, 4.69) is 17.0 Å². The fourth-order valence-corrected chi connectivity index (χ4v) is 4.06. The molecule has 0 radical (unpaired) electrons. The number of cyclic esters (lactones) is 1. The Labute approximate surface area is 153 Å². The van der Waals surface area contributed by atoms with Crippen LogP contribution in [0.25, 0.3) is 0 Å². The van der Waals surface area contributed by atoms with E-state index in [-0.39, 0.29) is 11.6 Å². The summed E-state index contributed by atoms with van der Waals surface area (Å²) in [6.45, 7) is 3.79. The van der Waals surface area contributed by atoms with Gasteiger partial charge in [0.15, 0.2) is 0 Å². The molecule has 0 aliphatic carbocycles. The summed E-state index contributed by atoms with van der Waals surface area (Å²) in [6.07, 6.45) is 1.56. The smallest absolute Gasteiger partial charge is 0.410 e. The normalized spacial score (nSPS) is 22.9. The summed E-state index contributed by atoms with van der Waals surface area (Å²) in [5.41, 5.74) is 2.17. The van der Waals surface area contributed by atoms with Gasteiger partial charge in [-0.3, -0.25) is 9.80 Å². The Hall–Kier alpha value is -2.53. The topological polar surface area (TPSA) is 53.0 Å². The van der Waals surface area contributed by atoms with E-state index in [1.807, 2.05) is 35.2 Å². The predicted molar refractivity (Wildman–Crippen MR) is 99.2 cm³/mol. The highest BCUT2D eigenvalue weighted by atomic mass is 16.6. The minimum atomic E-state index is -0.272. The SMILES string of the molecule is O=C1OCC2(Cc3ccccc3)CN(CCc3ccc(O)cc3)CCN12. The summed E-state index contributed by atoms with van der Waals surface area (Å²) in [7, 11) is 0. The molecule has 5 heteroatoms. The summed E-state index contributed by atoms with van der Waals surface area (Å²) in [4.78, 5) is 16.5. The predicted octanol–water partition coefficient (Wildman–Crippen LogP) is 2.68.